The minimum absolute atomic E-state index is 0.0415. The Morgan fingerprint density at radius 3 is 2.43 bits per heavy atom. The van der Waals surface area contributed by atoms with Crippen LogP contribution in [0.3, 0.4) is 0 Å². The van der Waals surface area contributed by atoms with E-state index in [2.05, 4.69) is 26.1 Å². The van der Waals surface area contributed by atoms with E-state index in [4.69, 9.17) is 15.2 Å². The fourth-order valence-electron chi connectivity index (χ4n) is 2.17. The number of carbonyl (C=O) groups excluding carboxylic acids is 1. The Balaban J connectivity index is 2.90. The van der Waals surface area contributed by atoms with Crippen molar-refractivity contribution in [1.29, 1.82) is 0 Å². The van der Waals surface area contributed by atoms with E-state index < -0.39 is 0 Å². The fourth-order valence-corrected chi connectivity index (χ4v) is 2.17. The maximum Gasteiger partial charge on any atom is 0.228 e. The normalized spacial score (nSPS) is 12.7. The van der Waals surface area contributed by atoms with Gasteiger partial charge in [-0.2, -0.15) is 0 Å². The number of methoxy groups -OCH3 is 2. The van der Waals surface area contributed by atoms with Gasteiger partial charge < -0.3 is 20.5 Å². The molecule has 118 valence electrons. The molecule has 1 amide bonds. The Morgan fingerprint density at radius 2 is 1.95 bits per heavy atom. The summed E-state index contributed by atoms with van der Waals surface area (Å²) in [5.41, 5.74) is 6.38. The lowest BCUT2D eigenvalue weighted by molar-refractivity contribution is -0.120. The smallest absolute Gasteiger partial charge is 0.228 e. The number of anilines is 1. The summed E-state index contributed by atoms with van der Waals surface area (Å²) in [6.45, 7) is 6.59. The highest BCUT2D eigenvalue weighted by molar-refractivity contribution is 5.94. The van der Waals surface area contributed by atoms with Gasteiger partial charge in [0.15, 0.2) is 0 Å². The lowest BCUT2D eigenvalue weighted by atomic mass is 9.84. The van der Waals surface area contributed by atoms with Crippen LogP contribution in [0.1, 0.15) is 27.2 Å². The zero-order valence-electron chi connectivity index (χ0n) is 13.5. The van der Waals surface area contributed by atoms with Crippen LogP contribution in [0.15, 0.2) is 18.2 Å². The highest BCUT2D eigenvalue weighted by Crippen LogP contribution is 2.30. The molecule has 1 aromatic rings. The third-order valence-corrected chi connectivity index (χ3v) is 3.18. The first-order valence-corrected chi connectivity index (χ1v) is 7.03. The number of nitrogens with two attached hydrogens (primary N) is 1. The molecule has 5 nitrogen and oxygen atoms in total. The second-order valence-electron chi connectivity index (χ2n) is 6.25. The van der Waals surface area contributed by atoms with Crippen molar-refractivity contribution < 1.29 is 14.3 Å². The lowest BCUT2D eigenvalue weighted by Gasteiger charge is -2.24. The Bertz CT molecular complexity index is 481. The monoisotopic (exact) mass is 294 g/mol. The largest absolute Gasteiger partial charge is 0.497 e. The Morgan fingerprint density at radius 1 is 1.29 bits per heavy atom. The van der Waals surface area contributed by atoms with E-state index in [1.807, 2.05) is 0 Å². The van der Waals surface area contributed by atoms with E-state index in [0.29, 0.717) is 23.7 Å². The average Bonchev–Trinajstić information content (AvgIpc) is 2.43. The van der Waals surface area contributed by atoms with Crippen molar-refractivity contribution in [3.63, 3.8) is 0 Å². The van der Waals surface area contributed by atoms with Crippen molar-refractivity contribution >= 4 is 11.6 Å². The summed E-state index contributed by atoms with van der Waals surface area (Å²) < 4.78 is 10.4. The molecule has 0 aliphatic rings. The summed E-state index contributed by atoms with van der Waals surface area (Å²) in [6.07, 6.45) is 0.724. The highest BCUT2D eigenvalue weighted by Gasteiger charge is 2.24. The zero-order valence-corrected chi connectivity index (χ0v) is 13.5. The molecular formula is C16H26N2O3. The first-order chi connectivity index (χ1) is 9.80. The molecule has 0 aromatic heterocycles. The molecule has 21 heavy (non-hydrogen) atoms. The van der Waals surface area contributed by atoms with Crippen molar-refractivity contribution in [2.45, 2.75) is 27.2 Å². The standard InChI is InChI=1S/C16H26N2O3/c1-16(2,3)9-11(10-17)15(19)18-13-8-12(20-4)6-7-14(13)21-5/h6-8,11H,9-10,17H2,1-5H3,(H,18,19). The molecule has 0 fully saturated rings. The van der Waals surface area contributed by atoms with Gasteiger partial charge in [-0.25, -0.2) is 0 Å². The van der Waals surface area contributed by atoms with Crippen LogP contribution in [0.2, 0.25) is 0 Å². The molecule has 0 bridgehead atoms. The number of carbonyl (C=O) groups is 1. The Labute approximate surface area is 126 Å². The van der Waals surface area contributed by atoms with Gasteiger partial charge in [-0.3, -0.25) is 4.79 Å². The third-order valence-electron chi connectivity index (χ3n) is 3.18. The molecule has 0 radical (unpaired) electrons. The topological polar surface area (TPSA) is 73.6 Å². The predicted molar refractivity (Wildman–Crippen MR) is 84.8 cm³/mol. The summed E-state index contributed by atoms with van der Waals surface area (Å²) in [6, 6.07) is 5.28. The van der Waals surface area contributed by atoms with Crippen LogP contribution >= 0.6 is 0 Å². The second-order valence-corrected chi connectivity index (χ2v) is 6.25. The van der Waals surface area contributed by atoms with E-state index in [0.717, 1.165) is 6.42 Å². The van der Waals surface area contributed by atoms with Crippen LogP contribution in [0.5, 0.6) is 11.5 Å². The average molecular weight is 294 g/mol. The fraction of sp³-hybridized carbons (Fsp3) is 0.562. The second kappa shape index (κ2) is 7.31. The van der Waals surface area contributed by atoms with E-state index in [1.54, 1.807) is 32.4 Å². The van der Waals surface area contributed by atoms with Gasteiger partial charge in [0.05, 0.1) is 25.8 Å². The van der Waals surface area contributed by atoms with E-state index in [-0.39, 0.29) is 17.2 Å². The van der Waals surface area contributed by atoms with Gasteiger partial charge in [0.1, 0.15) is 11.5 Å². The SMILES string of the molecule is COc1ccc(OC)c(NC(=O)C(CN)CC(C)(C)C)c1. The molecule has 0 aliphatic heterocycles. The highest BCUT2D eigenvalue weighted by atomic mass is 16.5. The van der Waals surface area contributed by atoms with Crippen molar-refractivity contribution in [2.75, 3.05) is 26.1 Å². The van der Waals surface area contributed by atoms with Gasteiger partial charge >= 0.3 is 0 Å². The van der Waals surface area contributed by atoms with Gasteiger partial charge in [0, 0.05) is 12.6 Å². The number of hydrogen-bond acceptors (Lipinski definition) is 4. The molecule has 1 unspecified atom stereocenters. The molecule has 0 saturated carbocycles. The third kappa shape index (κ3) is 5.27. The van der Waals surface area contributed by atoms with Crippen LogP contribution in [-0.4, -0.2) is 26.7 Å². The first-order valence-electron chi connectivity index (χ1n) is 7.03. The van der Waals surface area contributed by atoms with Crippen LogP contribution in [0.25, 0.3) is 0 Å². The van der Waals surface area contributed by atoms with Crippen LogP contribution in [0.4, 0.5) is 5.69 Å². The van der Waals surface area contributed by atoms with Gasteiger partial charge in [0.25, 0.3) is 0 Å². The predicted octanol–water partition coefficient (Wildman–Crippen LogP) is 2.65. The zero-order chi connectivity index (χ0) is 16.0. The number of hydrogen-bond donors (Lipinski definition) is 2. The van der Waals surface area contributed by atoms with Gasteiger partial charge in [0.2, 0.25) is 5.91 Å². The number of rotatable bonds is 6. The van der Waals surface area contributed by atoms with Crippen molar-refractivity contribution in [2.24, 2.45) is 17.1 Å². The summed E-state index contributed by atoms with van der Waals surface area (Å²) in [5, 5.41) is 2.89. The van der Waals surface area contributed by atoms with E-state index >= 15 is 0 Å². The summed E-state index contributed by atoms with van der Waals surface area (Å²) >= 11 is 0. The quantitative estimate of drug-likeness (QED) is 0.846. The van der Waals surface area contributed by atoms with E-state index in [9.17, 15) is 4.79 Å². The molecule has 3 N–H and O–H groups in total. The molecule has 1 aromatic carbocycles. The number of benzene rings is 1. The minimum atomic E-state index is -0.235. The first kappa shape index (κ1) is 17.3. The molecule has 0 spiro atoms. The van der Waals surface area contributed by atoms with Gasteiger partial charge in [-0.05, 0) is 24.0 Å². The maximum atomic E-state index is 12.4. The number of nitrogens with one attached hydrogen (secondary N) is 1. The molecule has 0 heterocycles. The molecule has 1 rings (SSSR count). The van der Waals surface area contributed by atoms with Crippen LogP contribution in [0, 0.1) is 11.3 Å². The van der Waals surface area contributed by atoms with Crippen LogP contribution < -0.4 is 20.5 Å². The molecule has 0 saturated heterocycles. The van der Waals surface area contributed by atoms with E-state index in [1.165, 1.54) is 0 Å². The van der Waals surface area contributed by atoms with Crippen LogP contribution in [-0.2, 0) is 4.79 Å². The molecular weight excluding hydrogens is 268 g/mol. The van der Waals surface area contributed by atoms with Crippen molar-refractivity contribution in [1.82, 2.24) is 0 Å². The Hall–Kier alpha value is -1.75. The minimum Gasteiger partial charge on any atom is -0.497 e. The van der Waals surface area contributed by atoms with Gasteiger partial charge in [-0.1, -0.05) is 20.8 Å². The molecule has 1 atom stereocenters. The van der Waals surface area contributed by atoms with Gasteiger partial charge in [-0.15, -0.1) is 0 Å². The molecule has 0 aliphatic carbocycles. The summed E-state index contributed by atoms with van der Waals surface area (Å²) in [7, 11) is 3.14. The molecule has 5 heteroatoms. The summed E-state index contributed by atoms with van der Waals surface area (Å²) in [5.74, 6) is 0.918. The number of ether oxygens (including phenoxy) is 2. The maximum absolute atomic E-state index is 12.4. The van der Waals surface area contributed by atoms with Crippen molar-refractivity contribution in [3.8, 4) is 11.5 Å². The lowest BCUT2D eigenvalue weighted by Crippen LogP contribution is -2.32. The Kier molecular flexibility index (Phi) is 6.03. The number of amides is 1. The summed E-state index contributed by atoms with van der Waals surface area (Å²) in [4.78, 5) is 12.4. The van der Waals surface area contributed by atoms with Crippen molar-refractivity contribution in [3.05, 3.63) is 18.2 Å².